The molecule has 1 amide bonds. The Morgan fingerprint density at radius 3 is 2.24 bits per heavy atom. The molecule has 0 radical (unpaired) electrons. The predicted octanol–water partition coefficient (Wildman–Crippen LogP) is 4.98. The molecule has 178 valence electrons. The molecule has 34 heavy (non-hydrogen) atoms. The normalized spacial score (nSPS) is 19.6. The first-order chi connectivity index (χ1) is 16.1. The van der Waals surface area contributed by atoms with Gasteiger partial charge in [0, 0.05) is 44.2 Å². The van der Waals surface area contributed by atoms with Crippen LogP contribution in [-0.2, 0) is 17.4 Å². The van der Waals surface area contributed by atoms with Crippen molar-refractivity contribution in [3.8, 4) is 11.1 Å². The minimum absolute atomic E-state index is 0.0396. The lowest BCUT2D eigenvalue weighted by Gasteiger charge is -2.45. The van der Waals surface area contributed by atoms with Gasteiger partial charge >= 0.3 is 6.09 Å². The van der Waals surface area contributed by atoms with E-state index >= 15 is 0 Å². The summed E-state index contributed by atoms with van der Waals surface area (Å²) in [7, 11) is 1.74. The van der Waals surface area contributed by atoms with Crippen LogP contribution in [0.15, 0.2) is 77.7 Å². The largest absolute Gasteiger partial charge is 0.438 e. The number of ether oxygens (including phenoxy) is 1. The van der Waals surface area contributed by atoms with Gasteiger partial charge in [-0.1, -0.05) is 54.6 Å². The van der Waals surface area contributed by atoms with E-state index in [0.29, 0.717) is 19.4 Å². The van der Waals surface area contributed by atoms with Gasteiger partial charge < -0.3 is 19.9 Å². The van der Waals surface area contributed by atoms with E-state index in [1.165, 1.54) is 0 Å². The van der Waals surface area contributed by atoms with Gasteiger partial charge in [-0.15, -0.1) is 0 Å². The minimum atomic E-state index is -0.736. The Kier molecular flexibility index (Phi) is 6.36. The lowest BCUT2D eigenvalue weighted by Crippen LogP contribution is -2.52. The zero-order valence-corrected chi connectivity index (χ0v) is 20.3. The second kappa shape index (κ2) is 9.11. The van der Waals surface area contributed by atoms with E-state index < -0.39 is 11.1 Å². The third-order valence-electron chi connectivity index (χ3n) is 6.59. The number of carbonyl (C=O) groups is 1. The molecule has 6 heteroatoms. The zero-order valence-electron chi connectivity index (χ0n) is 20.3. The summed E-state index contributed by atoms with van der Waals surface area (Å²) < 4.78 is 7.75. The van der Waals surface area contributed by atoms with E-state index in [-0.39, 0.29) is 17.7 Å². The van der Waals surface area contributed by atoms with Crippen molar-refractivity contribution in [3.05, 3.63) is 94.4 Å². The first-order valence-electron chi connectivity index (χ1n) is 11.7. The number of nitrogens with two attached hydrogens (primary N) is 1. The first-order valence-corrected chi connectivity index (χ1v) is 11.7. The molecule has 0 aliphatic carbocycles. The average molecular weight is 460 g/mol. The Balaban J connectivity index is 1.54. The van der Waals surface area contributed by atoms with Gasteiger partial charge in [0.05, 0.1) is 6.04 Å². The number of benzene rings is 2. The molecule has 1 aliphatic rings. The third-order valence-corrected chi connectivity index (χ3v) is 6.59. The number of aryl methyl sites for hydroxylation is 1. The number of nitrogens with zero attached hydrogens (tertiary/aromatic N) is 2. The molecule has 3 aromatic rings. The molecular weight excluding hydrogens is 426 g/mol. The number of hydrogen-bond donors (Lipinski definition) is 1. The maximum Gasteiger partial charge on any atom is 0.411 e. The molecule has 2 N–H and O–H groups in total. The van der Waals surface area contributed by atoms with Gasteiger partial charge in [0.2, 0.25) is 5.56 Å². The molecule has 1 aliphatic heterocycles. The van der Waals surface area contributed by atoms with Crippen molar-refractivity contribution in [2.24, 2.45) is 12.8 Å². The second-order valence-electron chi connectivity index (χ2n) is 10.0. The van der Waals surface area contributed by atoms with E-state index in [0.717, 1.165) is 22.3 Å². The number of aromatic nitrogens is 1. The molecule has 2 atom stereocenters. The summed E-state index contributed by atoms with van der Waals surface area (Å²) in [5.41, 5.74) is 9.10. The molecule has 1 fully saturated rings. The van der Waals surface area contributed by atoms with Gasteiger partial charge in [-0.3, -0.25) is 4.79 Å². The Morgan fingerprint density at radius 2 is 1.65 bits per heavy atom. The van der Waals surface area contributed by atoms with E-state index in [2.05, 4.69) is 0 Å². The van der Waals surface area contributed by atoms with Crippen molar-refractivity contribution in [2.45, 2.75) is 50.8 Å². The number of pyridine rings is 1. The van der Waals surface area contributed by atoms with Gasteiger partial charge in [0.25, 0.3) is 0 Å². The molecule has 2 aromatic carbocycles. The molecule has 0 spiro atoms. The fraction of sp³-hybridized carbons (Fsp3) is 0.357. The Bertz CT molecular complexity index is 1210. The van der Waals surface area contributed by atoms with Crippen molar-refractivity contribution >= 4 is 6.09 Å². The van der Waals surface area contributed by atoms with Gasteiger partial charge in [-0.05, 0) is 49.1 Å². The summed E-state index contributed by atoms with van der Waals surface area (Å²) in [6.07, 6.45) is 2.72. The van der Waals surface area contributed by atoms with Crippen molar-refractivity contribution in [1.82, 2.24) is 9.47 Å². The summed E-state index contributed by atoms with van der Waals surface area (Å²) in [6, 6.07) is 21.3. The highest BCUT2D eigenvalue weighted by Gasteiger charge is 2.45. The van der Waals surface area contributed by atoms with Crippen LogP contribution in [0.5, 0.6) is 0 Å². The van der Waals surface area contributed by atoms with Crippen LogP contribution in [0, 0.1) is 0 Å². The van der Waals surface area contributed by atoms with Crippen LogP contribution in [0.4, 0.5) is 4.79 Å². The molecule has 1 aromatic heterocycles. The first kappa shape index (κ1) is 23.8. The molecule has 1 saturated heterocycles. The standard InChI is InChI=1S/C28H33N3O3/c1-20(21-10-12-22(13-11-21)23-14-15-25(32)30(4)18-23)31-17-16-28(34-26(31)33,19-27(2,3)29)24-8-6-5-7-9-24/h5-15,18,20H,16-17,19,29H2,1-4H3. The fourth-order valence-corrected chi connectivity index (χ4v) is 4.83. The van der Waals surface area contributed by atoms with E-state index in [1.807, 2.05) is 87.6 Å². The topological polar surface area (TPSA) is 77.6 Å². The number of rotatable bonds is 6. The highest BCUT2D eigenvalue weighted by molar-refractivity contribution is 5.70. The molecule has 0 bridgehead atoms. The Hall–Kier alpha value is -3.38. The maximum absolute atomic E-state index is 13.3. The van der Waals surface area contributed by atoms with Crippen molar-refractivity contribution in [2.75, 3.05) is 6.54 Å². The average Bonchev–Trinajstić information content (AvgIpc) is 2.80. The predicted molar refractivity (Wildman–Crippen MR) is 134 cm³/mol. The highest BCUT2D eigenvalue weighted by Crippen LogP contribution is 2.41. The van der Waals surface area contributed by atoms with Crippen LogP contribution in [-0.4, -0.2) is 27.6 Å². The van der Waals surface area contributed by atoms with Crippen LogP contribution in [0.25, 0.3) is 11.1 Å². The summed E-state index contributed by atoms with van der Waals surface area (Å²) in [4.78, 5) is 26.7. The fourth-order valence-electron chi connectivity index (χ4n) is 4.83. The quantitative estimate of drug-likeness (QED) is 0.564. The zero-order chi connectivity index (χ0) is 24.5. The molecule has 2 unspecified atom stereocenters. The SMILES string of the molecule is CC(c1ccc(-c2ccc(=O)n(C)c2)cc1)N1CCC(CC(C)(C)N)(c2ccccc2)OC1=O. The molecule has 2 heterocycles. The van der Waals surface area contributed by atoms with Gasteiger partial charge in [0.1, 0.15) is 5.60 Å². The van der Waals surface area contributed by atoms with E-state index in [1.54, 1.807) is 22.6 Å². The van der Waals surface area contributed by atoms with Crippen LogP contribution in [0.1, 0.15) is 50.8 Å². The molecule has 6 nitrogen and oxygen atoms in total. The van der Waals surface area contributed by atoms with Crippen LogP contribution in [0.3, 0.4) is 0 Å². The Labute approximate surface area is 201 Å². The monoisotopic (exact) mass is 459 g/mol. The van der Waals surface area contributed by atoms with Crippen molar-refractivity contribution in [3.63, 3.8) is 0 Å². The summed E-state index contributed by atoms with van der Waals surface area (Å²) in [5, 5.41) is 0. The lowest BCUT2D eigenvalue weighted by atomic mass is 9.79. The van der Waals surface area contributed by atoms with E-state index in [4.69, 9.17) is 10.5 Å². The molecular formula is C28H33N3O3. The van der Waals surface area contributed by atoms with Gasteiger partial charge in [-0.25, -0.2) is 4.79 Å². The van der Waals surface area contributed by atoms with Crippen LogP contribution < -0.4 is 11.3 Å². The number of cyclic esters (lactones) is 1. The van der Waals surface area contributed by atoms with Crippen molar-refractivity contribution < 1.29 is 9.53 Å². The highest BCUT2D eigenvalue weighted by atomic mass is 16.6. The minimum Gasteiger partial charge on any atom is -0.438 e. The van der Waals surface area contributed by atoms with Gasteiger partial charge in [0.15, 0.2) is 0 Å². The second-order valence-corrected chi connectivity index (χ2v) is 10.0. The summed E-state index contributed by atoms with van der Waals surface area (Å²) in [6.45, 7) is 6.53. The smallest absolute Gasteiger partial charge is 0.411 e. The molecule has 0 saturated carbocycles. The third kappa shape index (κ3) is 4.92. The summed E-state index contributed by atoms with van der Waals surface area (Å²) >= 11 is 0. The number of hydrogen-bond acceptors (Lipinski definition) is 4. The molecule has 4 rings (SSSR count). The summed E-state index contributed by atoms with van der Waals surface area (Å²) in [5.74, 6) is 0. The van der Waals surface area contributed by atoms with Crippen LogP contribution in [0.2, 0.25) is 0 Å². The van der Waals surface area contributed by atoms with Gasteiger partial charge in [-0.2, -0.15) is 0 Å². The lowest BCUT2D eigenvalue weighted by molar-refractivity contribution is -0.0738. The number of carbonyl (C=O) groups excluding carboxylic acids is 1. The van der Waals surface area contributed by atoms with Crippen LogP contribution >= 0.6 is 0 Å². The van der Waals surface area contributed by atoms with Crippen molar-refractivity contribution in [1.29, 1.82) is 0 Å². The number of amides is 1. The maximum atomic E-state index is 13.3. The Morgan fingerprint density at radius 1 is 1.00 bits per heavy atom. The van der Waals surface area contributed by atoms with E-state index in [9.17, 15) is 9.59 Å².